The SMILES string of the molecule is CC(N)c1nccc(-c2ccc(F)c(F)c2)n1. The summed E-state index contributed by atoms with van der Waals surface area (Å²) in [5.41, 5.74) is 6.67. The smallest absolute Gasteiger partial charge is 0.159 e. The molecule has 1 aromatic heterocycles. The van der Waals surface area contributed by atoms with Crippen molar-refractivity contribution in [3.8, 4) is 11.3 Å². The van der Waals surface area contributed by atoms with Crippen LogP contribution in [0.3, 0.4) is 0 Å². The summed E-state index contributed by atoms with van der Waals surface area (Å²) in [4.78, 5) is 8.19. The van der Waals surface area contributed by atoms with Gasteiger partial charge in [0.05, 0.1) is 11.7 Å². The zero-order chi connectivity index (χ0) is 12.4. The van der Waals surface area contributed by atoms with Gasteiger partial charge in [0.2, 0.25) is 0 Å². The normalized spacial score (nSPS) is 12.5. The molecule has 1 aromatic carbocycles. The van der Waals surface area contributed by atoms with Crippen LogP contribution in [0.15, 0.2) is 30.5 Å². The van der Waals surface area contributed by atoms with Crippen LogP contribution in [0.25, 0.3) is 11.3 Å². The molecule has 1 unspecified atom stereocenters. The highest BCUT2D eigenvalue weighted by atomic mass is 19.2. The van der Waals surface area contributed by atoms with E-state index in [1.807, 2.05) is 0 Å². The summed E-state index contributed by atoms with van der Waals surface area (Å²) in [5, 5.41) is 0. The van der Waals surface area contributed by atoms with E-state index in [2.05, 4.69) is 9.97 Å². The summed E-state index contributed by atoms with van der Waals surface area (Å²) < 4.78 is 25.9. The minimum absolute atomic E-state index is 0.305. The van der Waals surface area contributed by atoms with E-state index < -0.39 is 11.6 Å². The van der Waals surface area contributed by atoms with E-state index in [-0.39, 0.29) is 6.04 Å². The van der Waals surface area contributed by atoms with Crippen LogP contribution in [0.5, 0.6) is 0 Å². The first-order chi connectivity index (χ1) is 8.08. The number of rotatable bonds is 2. The zero-order valence-electron chi connectivity index (χ0n) is 9.19. The Morgan fingerprint density at radius 1 is 1.18 bits per heavy atom. The minimum Gasteiger partial charge on any atom is -0.322 e. The van der Waals surface area contributed by atoms with Crippen LogP contribution in [0.2, 0.25) is 0 Å². The van der Waals surface area contributed by atoms with Crippen LogP contribution in [0.4, 0.5) is 8.78 Å². The Labute approximate surface area is 97.3 Å². The van der Waals surface area contributed by atoms with Gasteiger partial charge in [-0.05, 0) is 31.2 Å². The van der Waals surface area contributed by atoms with E-state index in [0.29, 0.717) is 17.1 Å². The average molecular weight is 235 g/mol. The summed E-state index contributed by atoms with van der Waals surface area (Å²) in [6, 6.07) is 4.95. The van der Waals surface area contributed by atoms with Gasteiger partial charge in [0.1, 0.15) is 5.82 Å². The van der Waals surface area contributed by atoms with Gasteiger partial charge in [-0.1, -0.05) is 0 Å². The van der Waals surface area contributed by atoms with Gasteiger partial charge in [0.25, 0.3) is 0 Å². The lowest BCUT2D eigenvalue weighted by Crippen LogP contribution is -2.09. The predicted molar refractivity (Wildman–Crippen MR) is 60.0 cm³/mol. The lowest BCUT2D eigenvalue weighted by atomic mass is 10.1. The lowest BCUT2D eigenvalue weighted by Gasteiger charge is -2.06. The van der Waals surface area contributed by atoms with Gasteiger partial charge < -0.3 is 5.73 Å². The molecule has 0 radical (unpaired) electrons. The van der Waals surface area contributed by atoms with Crippen molar-refractivity contribution in [1.29, 1.82) is 0 Å². The van der Waals surface area contributed by atoms with E-state index in [1.165, 1.54) is 6.07 Å². The standard InChI is InChI=1S/C12H11F2N3/c1-7(15)12-16-5-4-11(17-12)8-2-3-9(13)10(14)6-8/h2-7H,15H2,1H3. The largest absolute Gasteiger partial charge is 0.322 e. The average Bonchev–Trinajstić information content (AvgIpc) is 2.33. The first-order valence-electron chi connectivity index (χ1n) is 5.12. The molecular formula is C12H11F2N3. The number of nitrogens with zero attached hydrogens (tertiary/aromatic N) is 2. The Bertz CT molecular complexity index is 541. The number of halogens is 2. The molecule has 0 aliphatic heterocycles. The molecule has 0 saturated carbocycles. The van der Waals surface area contributed by atoms with Gasteiger partial charge in [0, 0.05) is 11.8 Å². The number of aromatic nitrogens is 2. The topological polar surface area (TPSA) is 51.8 Å². The molecule has 0 bridgehead atoms. The van der Waals surface area contributed by atoms with Crippen LogP contribution in [0.1, 0.15) is 18.8 Å². The van der Waals surface area contributed by atoms with Crippen molar-refractivity contribution in [2.24, 2.45) is 5.73 Å². The molecule has 3 nitrogen and oxygen atoms in total. The maximum absolute atomic E-state index is 13.1. The summed E-state index contributed by atoms with van der Waals surface area (Å²) >= 11 is 0. The Morgan fingerprint density at radius 3 is 2.59 bits per heavy atom. The molecular weight excluding hydrogens is 224 g/mol. The van der Waals surface area contributed by atoms with Gasteiger partial charge in [-0.3, -0.25) is 0 Å². The quantitative estimate of drug-likeness (QED) is 0.869. The Balaban J connectivity index is 2.45. The molecule has 0 aliphatic carbocycles. The van der Waals surface area contributed by atoms with Crippen LogP contribution >= 0.6 is 0 Å². The number of benzene rings is 1. The molecule has 88 valence electrons. The predicted octanol–water partition coefficient (Wildman–Crippen LogP) is 2.44. The van der Waals surface area contributed by atoms with Gasteiger partial charge >= 0.3 is 0 Å². The number of hydrogen-bond acceptors (Lipinski definition) is 3. The molecule has 0 amide bonds. The van der Waals surface area contributed by atoms with Crippen LogP contribution in [-0.2, 0) is 0 Å². The van der Waals surface area contributed by atoms with Gasteiger partial charge in [-0.2, -0.15) is 0 Å². The van der Waals surface area contributed by atoms with E-state index in [4.69, 9.17) is 5.73 Å². The maximum Gasteiger partial charge on any atom is 0.159 e. The highest BCUT2D eigenvalue weighted by Crippen LogP contribution is 2.20. The molecule has 17 heavy (non-hydrogen) atoms. The summed E-state index contributed by atoms with van der Waals surface area (Å²) in [6.45, 7) is 1.75. The molecule has 0 saturated heterocycles. The molecule has 0 spiro atoms. The molecule has 2 aromatic rings. The second kappa shape index (κ2) is 4.55. The van der Waals surface area contributed by atoms with Gasteiger partial charge in [-0.25, -0.2) is 18.7 Å². The van der Waals surface area contributed by atoms with Crippen molar-refractivity contribution in [1.82, 2.24) is 9.97 Å². The lowest BCUT2D eigenvalue weighted by molar-refractivity contribution is 0.509. The van der Waals surface area contributed by atoms with Crippen molar-refractivity contribution >= 4 is 0 Å². The summed E-state index contributed by atoms with van der Waals surface area (Å²) in [7, 11) is 0. The Morgan fingerprint density at radius 2 is 1.94 bits per heavy atom. The second-order valence-electron chi connectivity index (χ2n) is 3.72. The third kappa shape index (κ3) is 2.45. The van der Waals surface area contributed by atoms with Crippen LogP contribution in [-0.4, -0.2) is 9.97 Å². The van der Waals surface area contributed by atoms with E-state index in [9.17, 15) is 8.78 Å². The van der Waals surface area contributed by atoms with Crippen molar-refractivity contribution in [2.75, 3.05) is 0 Å². The van der Waals surface area contributed by atoms with Crippen molar-refractivity contribution in [3.63, 3.8) is 0 Å². The van der Waals surface area contributed by atoms with E-state index >= 15 is 0 Å². The van der Waals surface area contributed by atoms with Crippen molar-refractivity contribution in [2.45, 2.75) is 13.0 Å². The van der Waals surface area contributed by atoms with Gasteiger partial charge in [-0.15, -0.1) is 0 Å². The molecule has 5 heteroatoms. The molecule has 0 aliphatic rings. The third-order valence-corrected chi connectivity index (χ3v) is 2.30. The highest BCUT2D eigenvalue weighted by molar-refractivity contribution is 5.58. The van der Waals surface area contributed by atoms with E-state index in [0.717, 1.165) is 12.1 Å². The number of hydrogen-bond donors (Lipinski definition) is 1. The molecule has 1 atom stereocenters. The fraction of sp³-hybridized carbons (Fsp3) is 0.167. The zero-order valence-corrected chi connectivity index (χ0v) is 9.19. The van der Waals surface area contributed by atoms with Crippen molar-refractivity contribution < 1.29 is 8.78 Å². The molecule has 2 rings (SSSR count). The Hall–Kier alpha value is -1.88. The Kier molecular flexibility index (Phi) is 3.10. The summed E-state index contributed by atoms with van der Waals surface area (Å²) in [6.07, 6.45) is 1.54. The summed E-state index contributed by atoms with van der Waals surface area (Å²) in [5.74, 6) is -1.31. The second-order valence-corrected chi connectivity index (χ2v) is 3.72. The first kappa shape index (κ1) is 11.6. The maximum atomic E-state index is 13.1. The van der Waals surface area contributed by atoms with Crippen molar-refractivity contribution in [3.05, 3.63) is 47.9 Å². The third-order valence-electron chi connectivity index (χ3n) is 2.30. The van der Waals surface area contributed by atoms with Gasteiger partial charge in [0.15, 0.2) is 11.6 Å². The van der Waals surface area contributed by atoms with Crippen LogP contribution in [0, 0.1) is 11.6 Å². The first-order valence-corrected chi connectivity index (χ1v) is 5.12. The highest BCUT2D eigenvalue weighted by Gasteiger charge is 2.08. The monoisotopic (exact) mass is 235 g/mol. The van der Waals surface area contributed by atoms with Crippen LogP contribution < -0.4 is 5.73 Å². The number of nitrogens with two attached hydrogens (primary N) is 1. The van der Waals surface area contributed by atoms with E-state index in [1.54, 1.807) is 19.2 Å². The molecule has 0 fully saturated rings. The molecule has 1 heterocycles. The fourth-order valence-corrected chi connectivity index (χ4v) is 1.41. The minimum atomic E-state index is -0.900. The molecule has 2 N–H and O–H groups in total. The fourth-order valence-electron chi connectivity index (χ4n) is 1.41.